The van der Waals surface area contributed by atoms with Crippen LogP contribution in [0.4, 0.5) is 4.79 Å². The molecule has 0 unspecified atom stereocenters. The van der Waals surface area contributed by atoms with Crippen LogP contribution in [-0.2, 0) is 11.2 Å². The van der Waals surface area contributed by atoms with E-state index in [1.54, 1.807) is 12.1 Å². The van der Waals surface area contributed by atoms with Crippen molar-refractivity contribution < 1.29 is 14.1 Å². The minimum absolute atomic E-state index is 0.150. The molecule has 0 radical (unpaired) electrons. The van der Waals surface area contributed by atoms with Gasteiger partial charge in [-0.25, -0.2) is 4.79 Å². The number of amides is 3. The third-order valence-corrected chi connectivity index (χ3v) is 3.43. The molecule has 1 N–H and O–H groups in total. The van der Waals surface area contributed by atoms with Gasteiger partial charge in [-0.1, -0.05) is 12.1 Å². The van der Waals surface area contributed by atoms with E-state index in [1.165, 1.54) is 4.90 Å². The molecule has 1 aliphatic rings. The van der Waals surface area contributed by atoms with E-state index in [1.807, 2.05) is 13.8 Å². The second-order valence-electron chi connectivity index (χ2n) is 5.27. The molecule has 3 rings (SSSR count). The summed E-state index contributed by atoms with van der Waals surface area (Å²) >= 11 is 0. The second-order valence-corrected chi connectivity index (χ2v) is 5.27. The smallest absolute Gasteiger partial charge is 0.324 e. The summed E-state index contributed by atoms with van der Waals surface area (Å²) in [4.78, 5) is 29.3. The highest BCUT2D eigenvalue weighted by Gasteiger charge is 2.38. The summed E-state index contributed by atoms with van der Waals surface area (Å²) < 4.78 is 5.14. The Labute approximate surface area is 132 Å². The first kappa shape index (κ1) is 15.1. The standard InChI is InChI=1S/C14H16N6O3/c1-3-6-20-13(21)10(15-14(20)22)7-11-16-12(19-23-11)9-5-4-8(2)17-18-9/h4-5,10H,3,6-7H2,1-2H3,(H,15,22)/t10-/m1/s1. The lowest BCUT2D eigenvalue weighted by Gasteiger charge is -2.10. The molecular weight excluding hydrogens is 300 g/mol. The molecule has 9 nitrogen and oxygen atoms in total. The quantitative estimate of drug-likeness (QED) is 0.808. The minimum Gasteiger partial charge on any atom is -0.339 e. The average molecular weight is 316 g/mol. The molecule has 0 aromatic carbocycles. The van der Waals surface area contributed by atoms with Crippen molar-refractivity contribution in [3.63, 3.8) is 0 Å². The van der Waals surface area contributed by atoms with E-state index in [0.717, 1.165) is 5.69 Å². The summed E-state index contributed by atoms with van der Waals surface area (Å²) in [5.41, 5.74) is 1.27. The predicted octanol–water partition coefficient (Wildman–Crippen LogP) is 0.708. The summed E-state index contributed by atoms with van der Waals surface area (Å²) in [5.74, 6) is 0.292. The molecule has 2 aromatic heterocycles. The lowest BCUT2D eigenvalue weighted by Crippen LogP contribution is -2.33. The van der Waals surface area contributed by atoms with Crippen LogP contribution in [-0.4, -0.2) is 49.8 Å². The van der Waals surface area contributed by atoms with Gasteiger partial charge in [-0.3, -0.25) is 9.69 Å². The predicted molar refractivity (Wildman–Crippen MR) is 78.1 cm³/mol. The highest BCUT2D eigenvalue weighted by molar-refractivity contribution is 6.04. The van der Waals surface area contributed by atoms with E-state index < -0.39 is 6.04 Å². The number of carbonyl (C=O) groups is 2. The molecule has 0 bridgehead atoms. The largest absolute Gasteiger partial charge is 0.339 e. The van der Waals surface area contributed by atoms with Crippen molar-refractivity contribution in [2.75, 3.05) is 6.54 Å². The molecule has 0 aliphatic carbocycles. The fourth-order valence-electron chi connectivity index (χ4n) is 2.29. The number of urea groups is 1. The van der Waals surface area contributed by atoms with Gasteiger partial charge in [0.15, 0.2) is 0 Å². The number of carbonyl (C=O) groups excluding carboxylic acids is 2. The van der Waals surface area contributed by atoms with Gasteiger partial charge >= 0.3 is 6.03 Å². The summed E-state index contributed by atoms with van der Waals surface area (Å²) in [6, 6.07) is 2.47. The molecule has 23 heavy (non-hydrogen) atoms. The topological polar surface area (TPSA) is 114 Å². The Morgan fingerprint density at radius 3 is 2.83 bits per heavy atom. The Morgan fingerprint density at radius 1 is 1.30 bits per heavy atom. The van der Waals surface area contributed by atoms with Crippen molar-refractivity contribution in [1.82, 2.24) is 30.6 Å². The molecule has 1 fully saturated rings. The summed E-state index contributed by atoms with van der Waals surface area (Å²) in [5, 5.41) is 14.4. The fraction of sp³-hybridized carbons (Fsp3) is 0.429. The van der Waals surface area contributed by atoms with Crippen molar-refractivity contribution in [3.05, 3.63) is 23.7 Å². The Kier molecular flexibility index (Phi) is 4.00. The Balaban J connectivity index is 1.71. The highest BCUT2D eigenvalue weighted by atomic mass is 16.5. The molecule has 0 spiro atoms. The monoisotopic (exact) mass is 316 g/mol. The molecule has 120 valence electrons. The summed E-state index contributed by atoms with van der Waals surface area (Å²) in [7, 11) is 0. The Bertz CT molecular complexity index is 726. The normalized spacial score (nSPS) is 17.7. The maximum atomic E-state index is 12.2. The van der Waals surface area contributed by atoms with Gasteiger partial charge in [-0.05, 0) is 25.5 Å². The van der Waals surface area contributed by atoms with Gasteiger partial charge in [0.1, 0.15) is 11.7 Å². The van der Waals surface area contributed by atoms with E-state index in [0.29, 0.717) is 24.5 Å². The van der Waals surface area contributed by atoms with Crippen LogP contribution in [0, 0.1) is 6.92 Å². The Hall–Kier alpha value is -2.84. The van der Waals surface area contributed by atoms with E-state index in [2.05, 4.69) is 25.7 Å². The maximum Gasteiger partial charge on any atom is 0.324 e. The van der Waals surface area contributed by atoms with Crippen molar-refractivity contribution in [3.8, 4) is 11.5 Å². The SMILES string of the molecule is CCCN1C(=O)N[C@H](Cc2nc(-c3ccc(C)nn3)no2)C1=O. The third kappa shape index (κ3) is 3.03. The number of nitrogens with one attached hydrogen (secondary N) is 1. The van der Waals surface area contributed by atoms with Crippen LogP contribution in [0.5, 0.6) is 0 Å². The van der Waals surface area contributed by atoms with E-state index in [-0.39, 0.29) is 24.2 Å². The molecule has 3 amide bonds. The van der Waals surface area contributed by atoms with Crippen molar-refractivity contribution >= 4 is 11.9 Å². The van der Waals surface area contributed by atoms with Gasteiger partial charge in [-0.2, -0.15) is 10.1 Å². The molecule has 3 heterocycles. The first-order chi connectivity index (χ1) is 11.1. The molecule has 1 saturated heterocycles. The van der Waals surface area contributed by atoms with Crippen LogP contribution in [0.3, 0.4) is 0 Å². The lowest BCUT2D eigenvalue weighted by atomic mass is 10.2. The minimum atomic E-state index is -0.675. The molecule has 9 heteroatoms. The summed E-state index contributed by atoms with van der Waals surface area (Å²) in [6.45, 7) is 4.13. The van der Waals surface area contributed by atoms with E-state index in [9.17, 15) is 9.59 Å². The van der Waals surface area contributed by atoms with Gasteiger partial charge in [0, 0.05) is 6.54 Å². The molecule has 1 aliphatic heterocycles. The third-order valence-electron chi connectivity index (χ3n) is 3.43. The molecule has 2 aromatic rings. The van der Waals surface area contributed by atoms with Gasteiger partial charge in [0.05, 0.1) is 12.1 Å². The number of nitrogens with zero attached hydrogens (tertiary/aromatic N) is 5. The number of hydrogen-bond acceptors (Lipinski definition) is 7. The van der Waals surface area contributed by atoms with Gasteiger partial charge in [0.2, 0.25) is 11.7 Å². The zero-order valence-electron chi connectivity index (χ0n) is 12.8. The molecule has 0 saturated carbocycles. The van der Waals surface area contributed by atoms with E-state index in [4.69, 9.17) is 4.52 Å². The Morgan fingerprint density at radius 2 is 2.13 bits per heavy atom. The number of aromatic nitrogens is 4. The summed E-state index contributed by atoms with van der Waals surface area (Å²) in [6.07, 6.45) is 0.861. The highest BCUT2D eigenvalue weighted by Crippen LogP contribution is 2.15. The van der Waals surface area contributed by atoms with Crippen LogP contribution < -0.4 is 5.32 Å². The van der Waals surface area contributed by atoms with Crippen LogP contribution in [0.1, 0.15) is 24.9 Å². The van der Waals surface area contributed by atoms with Crippen LogP contribution in [0.25, 0.3) is 11.5 Å². The molecule has 1 atom stereocenters. The lowest BCUT2D eigenvalue weighted by molar-refractivity contribution is -0.127. The second kappa shape index (κ2) is 6.11. The number of aryl methyl sites for hydroxylation is 1. The number of rotatable bonds is 5. The zero-order valence-corrected chi connectivity index (χ0v) is 12.8. The average Bonchev–Trinajstić information content (AvgIpc) is 3.09. The van der Waals surface area contributed by atoms with Crippen molar-refractivity contribution in [2.45, 2.75) is 32.7 Å². The number of hydrogen-bond donors (Lipinski definition) is 1. The van der Waals surface area contributed by atoms with E-state index >= 15 is 0 Å². The van der Waals surface area contributed by atoms with Gasteiger partial charge < -0.3 is 9.84 Å². The van der Waals surface area contributed by atoms with Gasteiger partial charge in [0.25, 0.3) is 5.91 Å². The van der Waals surface area contributed by atoms with Crippen molar-refractivity contribution in [1.29, 1.82) is 0 Å². The first-order valence-electron chi connectivity index (χ1n) is 7.33. The maximum absolute atomic E-state index is 12.2. The van der Waals surface area contributed by atoms with Crippen molar-refractivity contribution in [2.24, 2.45) is 0 Å². The van der Waals surface area contributed by atoms with Gasteiger partial charge in [-0.15, -0.1) is 5.10 Å². The number of imide groups is 1. The first-order valence-corrected chi connectivity index (χ1v) is 7.33. The van der Waals surface area contributed by atoms with Crippen LogP contribution >= 0.6 is 0 Å². The zero-order chi connectivity index (χ0) is 16.4. The van der Waals surface area contributed by atoms with Crippen LogP contribution in [0.2, 0.25) is 0 Å². The molecular formula is C14H16N6O3. The van der Waals surface area contributed by atoms with Crippen LogP contribution in [0.15, 0.2) is 16.7 Å². The fourth-order valence-corrected chi connectivity index (χ4v) is 2.29.